The van der Waals surface area contributed by atoms with E-state index in [1.165, 1.54) is 0 Å². The molecule has 2 saturated heterocycles. The molecule has 2 aliphatic heterocycles. The van der Waals surface area contributed by atoms with Crippen molar-refractivity contribution in [2.75, 3.05) is 11.4 Å². The van der Waals surface area contributed by atoms with Gasteiger partial charge in [-0.15, -0.1) is 0 Å². The van der Waals surface area contributed by atoms with Gasteiger partial charge in [-0.25, -0.2) is 0 Å². The molecule has 0 bridgehead atoms. The number of carbonyl (C=O) groups excluding carboxylic acids is 3. The molecule has 0 spiro atoms. The number of nitrogens with zero attached hydrogens (tertiary/aromatic N) is 1. The van der Waals surface area contributed by atoms with E-state index in [4.69, 9.17) is 0 Å². The lowest BCUT2D eigenvalue weighted by atomic mass is 10.1. The Labute approximate surface area is 128 Å². The number of anilines is 1. The third-order valence-corrected chi connectivity index (χ3v) is 4.10. The Morgan fingerprint density at radius 2 is 2.00 bits per heavy atom. The van der Waals surface area contributed by atoms with Crippen LogP contribution in [0.25, 0.3) is 0 Å². The molecule has 0 aromatic heterocycles. The molecule has 0 saturated carbocycles. The van der Waals surface area contributed by atoms with Gasteiger partial charge in [-0.05, 0) is 30.5 Å². The Balaban J connectivity index is 1.54. The first-order valence-electron chi connectivity index (χ1n) is 7.60. The standard InChI is InChI=1S/C16H19N3O3/c20-14-8-7-13(18-14)16(22)17-10-11-3-5-12(6-4-11)19-9-1-2-15(19)21/h3-6,13H,1-2,7-10H2,(H,17,22)(H,18,20)/t13-/m1/s1. The molecule has 0 radical (unpaired) electrons. The lowest BCUT2D eigenvalue weighted by Gasteiger charge is -2.16. The Morgan fingerprint density at radius 3 is 2.59 bits per heavy atom. The van der Waals surface area contributed by atoms with Crippen LogP contribution in [-0.2, 0) is 20.9 Å². The van der Waals surface area contributed by atoms with Crippen molar-refractivity contribution in [2.45, 2.75) is 38.3 Å². The molecule has 2 fully saturated rings. The van der Waals surface area contributed by atoms with Crippen LogP contribution in [0.4, 0.5) is 5.69 Å². The van der Waals surface area contributed by atoms with Gasteiger partial charge in [0.05, 0.1) is 0 Å². The highest BCUT2D eigenvalue weighted by molar-refractivity contribution is 5.95. The van der Waals surface area contributed by atoms with E-state index in [-0.39, 0.29) is 17.7 Å². The molecule has 3 amide bonds. The fraction of sp³-hybridized carbons (Fsp3) is 0.438. The first-order valence-corrected chi connectivity index (χ1v) is 7.60. The summed E-state index contributed by atoms with van der Waals surface area (Å²) in [6.07, 6.45) is 2.49. The number of carbonyl (C=O) groups is 3. The SMILES string of the molecule is O=C1CC[C@H](C(=O)NCc2ccc(N3CCCC3=O)cc2)N1. The van der Waals surface area contributed by atoms with Crippen LogP contribution in [0.3, 0.4) is 0 Å². The van der Waals surface area contributed by atoms with Crippen LogP contribution in [0, 0.1) is 0 Å². The number of hydrogen-bond donors (Lipinski definition) is 2. The number of benzene rings is 1. The summed E-state index contributed by atoms with van der Waals surface area (Å²) in [5, 5.41) is 5.47. The van der Waals surface area contributed by atoms with Crippen molar-refractivity contribution < 1.29 is 14.4 Å². The van der Waals surface area contributed by atoms with E-state index in [0.717, 1.165) is 24.2 Å². The minimum absolute atomic E-state index is 0.0696. The average molecular weight is 301 g/mol. The van der Waals surface area contributed by atoms with Gasteiger partial charge in [-0.3, -0.25) is 14.4 Å². The van der Waals surface area contributed by atoms with Gasteiger partial charge in [-0.1, -0.05) is 12.1 Å². The summed E-state index contributed by atoms with van der Waals surface area (Å²) < 4.78 is 0. The van der Waals surface area contributed by atoms with E-state index < -0.39 is 6.04 Å². The summed E-state index contributed by atoms with van der Waals surface area (Å²) in [4.78, 5) is 36.5. The minimum atomic E-state index is -0.408. The lowest BCUT2D eigenvalue weighted by Crippen LogP contribution is -2.41. The van der Waals surface area contributed by atoms with Crippen molar-refractivity contribution in [3.05, 3.63) is 29.8 Å². The van der Waals surface area contributed by atoms with Gasteiger partial charge in [0.2, 0.25) is 17.7 Å². The molecule has 2 N–H and O–H groups in total. The molecule has 6 heteroatoms. The molecule has 2 aliphatic rings. The normalized spacial score (nSPS) is 21.1. The van der Waals surface area contributed by atoms with Crippen molar-refractivity contribution in [1.29, 1.82) is 0 Å². The quantitative estimate of drug-likeness (QED) is 0.859. The van der Waals surface area contributed by atoms with E-state index >= 15 is 0 Å². The van der Waals surface area contributed by atoms with Crippen LogP contribution < -0.4 is 15.5 Å². The molecule has 1 atom stereocenters. The van der Waals surface area contributed by atoms with E-state index in [1.807, 2.05) is 24.3 Å². The molecule has 3 rings (SSSR count). The summed E-state index contributed by atoms with van der Waals surface area (Å²) in [6, 6.07) is 7.22. The van der Waals surface area contributed by atoms with Gasteiger partial charge in [-0.2, -0.15) is 0 Å². The third-order valence-electron chi connectivity index (χ3n) is 4.10. The number of rotatable bonds is 4. The zero-order chi connectivity index (χ0) is 15.5. The summed E-state index contributed by atoms with van der Waals surface area (Å²) in [5.74, 6) is -0.0533. The zero-order valence-corrected chi connectivity index (χ0v) is 12.3. The Bertz CT molecular complexity index is 597. The highest BCUT2D eigenvalue weighted by Crippen LogP contribution is 2.21. The summed E-state index contributed by atoms with van der Waals surface area (Å²) in [5.41, 5.74) is 1.87. The first kappa shape index (κ1) is 14.6. The maximum Gasteiger partial charge on any atom is 0.242 e. The van der Waals surface area contributed by atoms with Crippen molar-refractivity contribution in [1.82, 2.24) is 10.6 Å². The minimum Gasteiger partial charge on any atom is -0.350 e. The topological polar surface area (TPSA) is 78.5 Å². The fourth-order valence-electron chi connectivity index (χ4n) is 2.84. The monoisotopic (exact) mass is 301 g/mol. The van der Waals surface area contributed by atoms with Crippen LogP contribution >= 0.6 is 0 Å². The molecule has 0 unspecified atom stereocenters. The summed E-state index contributed by atoms with van der Waals surface area (Å²) in [6.45, 7) is 1.19. The van der Waals surface area contributed by atoms with Crippen molar-refractivity contribution in [2.24, 2.45) is 0 Å². The van der Waals surface area contributed by atoms with Crippen LogP contribution in [0.2, 0.25) is 0 Å². The largest absolute Gasteiger partial charge is 0.350 e. The number of hydrogen-bond acceptors (Lipinski definition) is 3. The molecular weight excluding hydrogens is 282 g/mol. The molecule has 6 nitrogen and oxygen atoms in total. The molecule has 1 aromatic rings. The second-order valence-electron chi connectivity index (χ2n) is 5.69. The van der Waals surface area contributed by atoms with E-state index in [9.17, 15) is 14.4 Å². The number of nitrogens with one attached hydrogen (secondary N) is 2. The van der Waals surface area contributed by atoms with Gasteiger partial charge >= 0.3 is 0 Å². The molecule has 22 heavy (non-hydrogen) atoms. The van der Waals surface area contributed by atoms with Crippen LogP contribution in [0.15, 0.2) is 24.3 Å². The second-order valence-corrected chi connectivity index (χ2v) is 5.69. The highest BCUT2D eigenvalue weighted by Gasteiger charge is 2.26. The fourth-order valence-corrected chi connectivity index (χ4v) is 2.84. The first-order chi connectivity index (χ1) is 10.6. The lowest BCUT2D eigenvalue weighted by molar-refractivity contribution is -0.125. The zero-order valence-electron chi connectivity index (χ0n) is 12.3. The smallest absolute Gasteiger partial charge is 0.242 e. The maximum absolute atomic E-state index is 11.9. The van der Waals surface area contributed by atoms with E-state index in [0.29, 0.717) is 25.8 Å². The van der Waals surface area contributed by atoms with Gasteiger partial charge in [0, 0.05) is 31.6 Å². The second kappa shape index (κ2) is 6.17. The van der Waals surface area contributed by atoms with Gasteiger partial charge in [0.25, 0.3) is 0 Å². The Kier molecular flexibility index (Phi) is 4.09. The summed E-state index contributed by atoms with van der Waals surface area (Å²) in [7, 11) is 0. The highest BCUT2D eigenvalue weighted by atomic mass is 16.2. The van der Waals surface area contributed by atoms with Crippen molar-refractivity contribution in [3.8, 4) is 0 Å². The molecular formula is C16H19N3O3. The van der Waals surface area contributed by atoms with E-state index in [2.05, 4.69) is 10.6 Å². The van der Waals surface area contributed by atoms with Crippen molar-refractivity contribution >= 4 is 23.4 Å². The molecule has 0 aliphatic carbocycles. The van der Waals surface area contributed by atoms with Crippen molar-refractivity contribution in [3.63, 3.8) is 0 Å². The number of amides is 3. The van der Waals surface area contributed by atoms with Crippen LogP contribution in [0.5, 0.6) is 0 Å². The van der Waals surface area contributed by atoms with Crippen LogP contribution in [0.1, 0.15) is 31.2 Å². The Hall–Kier alpha value is -2.37. The van der Waals surface area contributed by atoms with Crippen LogP contribution in [-0.4, -0.2) is 30.3 Å². The summed E-state index contributed by atoms with van der Waals surface area (Å²) >= 11 is 0. The van der Waals surface area contributed by atoms with Gasteiger partial charge in [0.1, 0.15) is 6.04 Å². The van der Waals surface area contributed by atoms with Gasteiger partial charge < -0.3 is 15.5 Å². The maximum atomic E-state index is 11.9. The average Bonchev–Trinajstić information content (AvgIpc) is 3.14. The molecule has 116 valence electrons. The Morgan fingerprint density at radius 1 is 1.23 bits per heavy atom. The third kappa shape index (κ3) is 3.10. The predicted molar refractivity (Wildman–Crippen MR) is 81.0 cm³/mol. The van der Waals surface area contributed by atoms with E-state index in [1.54, 1.807) is 4.90 Å². The molecule has 1 aromatic carbocycles. The predicted octanol–water partition coefficient (Wildman–Crippen LogP) is 0.708. The molecule has 2 heterocycles. The van der Waals surface area contributed by atoms with Gasteiger partial charge in [0.15, 0.2) is 0 Å².